The molecule has 1 aliphatic heterocycles. The van der Waals surface area contributed by atoms with Crippen molar-refractivity contribution in [3.63, 3.8) is 0 Å². The second kappa shape index (κ2) is 8.19. The SMILES string of the molecule is COCOC1CC(C(=O)N2CCC(c3ccncc3)C2)(c2ccc(Cl)cc2)C1. The van der Waals surface area contributed by atoms with Gasteiger partial charge in [-0.2, -0.15) is 0 Å². The lowest BCUT2D eigenvalue weighted by atomic mass is 9.61. The van der Waals surface area contributed by atoms with E-state index in [4.69, 9.17) is 21.1 Å². The topological polar surface area (TPSA) is 51.7 Å². The first-order chi connectivity index (χ1) is 13.6. The quantitative estimate of drug-likeness (QED) is 0.692. The molecule has 5 nitrogen and oxygen atoms in total. The van der Waals surface area contributed by atoms with Crippen molar-refractivity contribution in [1.82, 2.24) is 9.88 Å². The molecule has 1 aromatic heterocycles. The van der Waals surface area contributed by atoms with Crippen molar-refractivity contribution >= 4 is 17.5 Å². The molecule has 2 heterocycles. The second-order valence-electron chi connectivity index (χ2n) is 7.71. The lowest BCUT2D eigenvalue weighted by Crippen LogP contribution is -2.56. The van der Waals surface area contributed by atoms with Crippen molar-refractivity contribution in [2.45, 2.75) is 36.7 Å². The van der Waals surface area contributed by atoms with Crippen molar-refractivity contribution in [1.29, 1.82) is 0 Å². The van der Waals surface area contributed by atoms with E-state index < -0.39 is 5.41 Å². The van der Waals surface area contributed by atoms with E-state index in [1.807, 2.05) is 53.7 Å². The van der Waals surface area contributed by atoms with Gasteiger partial charge in [0.25, 0.3) is 0 Å². The number of nitrogens with zero attached hydrogens (tertiary/aromatic N) is 2. The summed E-state index contributed by atoms with van der Waals surface area (Å²) in [6.45, 7) is 1.79. The highest BCUT2D eigenvalue weighted by Gasteiger charge is 2.54. The van der Waals surface area contributed by atoms with Gasteiger partial charge in [-0.3, -0.25) is 9.78 Å². The van der Waals surface area contributed by atoms with E-state index in [-0.39, 0.29) is 18.8 Å². The highest BCUT2D eigenvalue weighted by atomic mass is 35.5. The maximum Gasteiger partial charge on any atom is 0.233 e. The molecule has 148 valence electrons. The Morgan fingerprint density at radius 3 is 2.61 bits per heavy atom. The van der Waals surface area contributed by atoms with Gasteiger partial charge in [0.05, 0.1) is 11.5 Å². The molecule has 28 heavy (non-hydrogen) atoms. The molecule has 6 heteroatoms. The number of ether oxygens (including phenoxy) is 2. The van der Waals surface area contributed by atoms with Gasteiger partial charge in [-0.1, -0.05) is 23.7 Å². The number of likely N-dealkylation sites (tertiary alicyclic amines) is 1. The third kappa shape index (κ3) is 3.66. The van der Waals surface area contributed by atoms with E-state index in [1.165, 1.54) is 5.56 Å². The van der Waals surface area contributed by atoms with Gasteiger partial charge in [0.2, 0.25) is 5.91 Å². The molecular formula is C22H25ClN2O3. The lowest BCUT2D eigenvalue weighted by molar-refractivity contribution is -0.157. The number of carbonyl (C=O) groups is 1. The Labute approximate surface area is 170 Å². The maximum absolute atomic E-state index is 13.6. The molecule has 1 unspecified atom stereocenters. The third-order valence-corrected chi connectivity index (χ3v) is 6.29. The molecule has 1 aromatic carbocycles. The number of amides is 1. The Morgan fingerprint density at radius 1 is 1.21 bits per heavy atom. The van der Waals surface area contributed by atoms with Crippen LogP contribution in [0.2, 0.25) is 5.02 Å². The highest BCUT2D eigenvalue weighted by molar-refractivity contribution is 6.30. The van der Waals surface area contributed by atoms with Gasteiger partial charge in [0.1, 0.15) is 6.79 Å². The molecule has 2 aromatic rings. The molecule has 0 radical (unpaired) electrons. The van der Waals surface area contributed by atoms with Crippen LogP contribution < -0.4 is 0 Å². The van der Waals surface area contributed by atoms with Crippen molar-refractivity contribution in [2.75, 3.05) is 27.0 Å². The number of hydrogen-bond donors (Lipinski definition) is 0. The standard InChI is InChI=1S/C22H25ClN2O3/c1-27-15-28-20-12-22(13-20,18-2-4-19(23)5-3-18)21(26)25-11-8-17(14-25)16-6-9-24-10-7-16/h2-7,9-10,17,20H,8,11-15H2,1H3. The summed E-state index contributed by atoms with van der Waals surface area (Å²) < 4.78 is 10.7. The van der Waals surface area contributed by atoms with Crippen LogP contribution >= 0.6 is 11.6 Å². The minimum atomic E-state index is -0.532. The molecular weight excluding hydrogens is 376 g/mol. The summed E-state index contributed by atoms with van der Waals surface area (Å²) in [6.07, 6.45) is 6.01. The van der Waals surface area contributed by atoms with Crippen LogP contribution in [0.1, 0.15) is 36.3 Å². The number of halogens is 1. The molecule has 1 atom stereocenters. The molecule has 0 spiro atoms. The van der Waals surface area contributed by atoms with Crippen LogP contribution in [-0.2, 0) is 19.7 Å². The predicted octanol–water partition coefficient (Wildman–Crippen LogP) is 3.77. The fraction of sp³-hybridized carbons (Fsp3) is 0.455. The van der Waals surface area contributed by atoms with Crippen LogP contribution in [0.15, 0.2) is 48.8 Å². The van der Waals surface area contributed by atoms with Gasteiger partial charge in [0, 0.05) is 43.5 Å². The van der Waals surface area contributed by atoms with Crippen LogP contribution in [0.5, 0.6) is 0 Å². The van der Waals surface area contributed by atoms with Crippen molar-refractivity contribution in [3.8, 4) is 0 Å². The van der Waals surface area contributed by atoms with Gasteiger partial charge in [-0.15, -0.1) is 0 Å². The normalized spacial score (nSPS) is 26.9. The van der Waals surface area contributed by atoms with E-state index in [2.05, 4.69) is 4.98 Å². The minimum absolute atomic E-state index is 0.0400. The number of pyridine rings is 1. The van der Waals surface area contributed by atoms with E-state index in [0.717, 1.165) is 25.1 Å². The van der Waals surface area contributed by atoms with Crippen LogP contribution in [0, 0.1) is 0 Å². The van der Waals surface area contributed by atoms with E-state index in [0.29, 0.717) is 23.8 Å². The first kappa shape index (κ1) is 19.4. The van der Waals surface area contributed by atoms with Crippen molar-refractivity contribution in [3.05, 3.63) is 64.9 Å². The van der Waals surface area contributed by atoms with Crippen LogP contribution in [0.3, 0.4) is 0 Å². The average molecular weight is 401 g/mol. The molecule has 1 aliphatic carbocycles. The maximum atomic E-state index is 13.6. The lowest BCUT2D eigenvalue weighted by Gasteiger charge is -2.48. The predicted molar refractivity (Wildman–Crippen MR) is 107 cm³/mol. The number of hydrogen-bond acceptors (Lipinski definition) is 4. The highest BCUT2D eigenvalue weighted by Crippen LogP contribution is 2.48. The summed E-state index contributed by atoms with van der Waals surface area (Å²) in [5.74, 6) is 0.568. The number of carbonyl (C=O) groups excluding carboxylic acids is 1. The zero-order valence-corrected chi connectivity index (χ0v) is 16.8. The monoisotopic (exact) mass is 400 g/mol. The Hall–Kier alpha value is -1.95. The van der Waals surface area contributed by atoms with Crippen molar-refractivity contribution in [2.24, 2.45) is 0 Å². The fourth-order valence-electron chi connectivity index (χ4n) is 4.46. The third-order valence-electron chi connectivity index (χ3n) is 6.03. The Bertz CT molecular complexity index is 806. The second-order valence-corrected chi connectivity index (χ2v) is 8.15. The van der Waals surface area contributed by atoms with Gasteiger partial charge < -0.3 is 14.4 Å². The van der Waals surface area contributed by atoms with Gasteiger partial charge in [0.15, 0.2) is 0 Å². The van der Waals surface area contributed by atoms with Gasteiger partial charge in [-0.25, -0.2) is 0 Å². The largest absolute Gasteiger partial charge is 0.359 e. The Morgan fingerprint density at radius 2 is 1.93 bits per heavy atom. The molecule has 1 saturated carbocycles. The molecule has 1 amide bonds. The summed E-state index contributed by atoms with van der Waals surface area (Å²) in [4.78, 5) is 19.7. The van der Waals surface area contributed by atoms with E-state index in [9.17, 15) is 4.79 Å². The molecule has 2 fully saturated rings. The summed E-state index contributed by atoms with van der Waals surface area (Å²) in [5, 5.41) is 0.678. The smallest absolute Gasteiger partial charge is 0.233 e. The van der Waals surface area contributed by atoms with Crippen LogP contribution in [0.25, 0.3) is 0 Å². The number of rotatable bonds is 6. The van der Waals surface area contributed by atoms with Crippen molar-refractivity contribution < 1.29 is 14.3 Å². The van der Waals surface area contributed by atoms with Gasteiger partial charge >= 0.3 is 0 Å². The van der Waals surface area contributed by atoms with E-state index in [1.54, 1.807) is 7.11 Å². The number of aromatic nitrogens is 1. The summed E-state index contributed by atoms with van der Waals surface area (Å²) >= 11 is 6.07. The summed E-state index contributed by atoms with van der Waals surface area (Å²) in [5.41, 5.74) is 1.74. The van der Waals surface area contributed by atoms with Gasteiger partial charge in [-0.05, 0) is 54.7 Å². The number of methoxy groups -OCH3 is 1. The minimum Gasteiger partial charge on any atom is -0.359 e. The molecule has 1 saturated heterocycles. The van der Waals surface area contributed by atoms with E-state index >= 15 is 0 Å². The first-order valence-electron chi connectivity index (χ1n) is 9.68. The average Bonchev–Trinajstić information content (AvgIpc) is 3.19. The summed E-state index contributed by atoms with van der Waals surface area (Å²) in [7, 11) is 1.61. The number of benzene rings is 1. The Kier molecular flexibility index (Phi) is 5.67. The molecule has 2 aliphatic rings. The zero-order valence-electron chi connectivity index (χ0n) is 16.0. The zero-order chi connectivity index (χ0) is 19.6. The van der Waals surface area contributed by atoms with Crippen LogP contribution in [-0.4, -0.2) is 48.9 Å². The first-order valence-corrected chi connectivity index (χ1v) is 10.1. The fourth-order valence-corrected chi connectivity index (χ4v) is 4.58. The Balaban J connectivity index is 1.52. The molecule has 0 bridgehead atoms. The van der Waals surface area contributed by atoms with Crippen LogP contribution in [0.4, 0.5) is 0 Å². The molecule has 0 N–H and O–H groups in total. The summed E-state index contributed by atoms with van der Waals surface area (Å²) in [6, 6.07) is 11.8. The molecule has 4 rings (SSSR count).